The smallest absolute Gasteiger partial charge is 0.225 e. The lowest BCUT2D eigenvalue weighted by Gasteiger charge is -2.24. The monoisotopic (exact) mass is 288 g/mol. The van der Waals surface area contributed by atoms with Gasteiger partial charge in [-0.25, -0.2) is 0 Å². The SMILES string of the molecule is CCN(CC1CC(c2ccc(C)cc2)=NO1)C(=O)C(C)C. The van der Waals surface area contributed by atoms with E-state index in [1.54, 1.807) is 0 Å². The summed E-state index contributed by atoms with van der Waals surface area (Å²) in [4.78, 5) is 19.4. The Morgan fingerprint density at radius 2 is 2.05 bits per heavy atom. The Kier molecular flexibility index (Phi) is 4.99. The summed E-state index contributed by atoms with van der Waals surface area (Å²) in [6.07, 6.45) is 0.717. The second-order valence-corrected chi connectivity index (χ2v) is 5.87. The molecule has 1 aliphatic heterocycles. The number of rotatable bonds is 5. The number of hydrogen-bond donors (Lipinski definition) is 0. The van der Waals surface area contributed by atoms with Crippen LogP contribution in [0.15, 0.2) is 29.4 Å². The summed E-state index contributed by atoms with van der Waals surface area (Å²) >= 11 is 0. The summed E-state index contributed by atoms with van der Waals surface area (Å²) < 4.78 is 0. The number of likely N-dealkylation sites (N-methyl/N-ethyl adjacent to an activating group) is 1. The molecule has 4 nitrogen and oxygen atoms in total. The third-order valence-corrected chi connectivity index (χ3v) is 3.73. The minimum Gasteiger partial charge on any atom is -0.390 e. The standard InChI is InChI=1S/C17H24N2O2/c1-5-19(17(20)12(2)3)11-15-10-16(18-21-15)14-8-6-13(4)7-9-14/h6-9,12,15H,5,10-11H2,1-4H3. The van der Waals surface area contributed by atoms with Gasteiger partial charge in [0, 0.05) is 18.9 Å². The first-order valence-electron chi connectivity index (χ1n) is 7.59. The minimum absolute atomic E-state index is 0.0174. The van der Waals surface area contributed by atoms with E-state index in [-0.39, 0.29) is 17.9 Å². The van der Waals surface area contributed by atoms with Crippen molar-refractivity contribution in [1.82, 2.24) is 4.90 Å². The Morgan fingerprint density at radius 3 is 2.62 bits per heavy atom. The Bertz CT molecular complexity index is 520. The number of nitrogens with zero attached hydrogens (tertiary/aromatic N) is 2. The average Bonchev–Trinajstić information content (AvgIpc) is 2.93. The minimum atomic E-state index is -0.0380. The maximum Gasteiger partial charge on any atom is 0.225 e. The molecule has 0 fully saturated rings. The van der Waals surface area contributed by atoms with Crippen molar-refractivity contribution < 1.29 is 9.63 Å². The van der Waals surface area contributed by atoms with Gasteiger partial charge in [-0.2, -0.15) is 0 Å². The van der Waals surface area contributed by atoms with E-state index >= 15 is 0 Å². The predicted octanol–water partition coefficient (Wildman–Crippen LogP) is 2.99. The molecule has 1 unspecified atom stereocenters. The van der Waals surface area contributed by atoms with Crippen LogP contribution in [0.1, 0.15) is 38.3 Å². The zero-order valence-corrected chi connectivity index (χ0v) is 13.3. The van der Waals surface area contributed by atoms with Gasteiger partial charge in [0.1, 0.15) is 0 Å². The Hall–Kier alpha value is -1.84. The van der Waals surface area contributed by atoms with Crippen molar-refractivity contribution in [3.05, 3.63) is 35.4 Å². The Labute approximate surface area is 126 Å². The molecule has 0 saturated carbocycles. The number of carbonyl (C=O) groups is 1. The summed E-state index contributed by atoms with van der Waals surface area (Å²) in [5.41, 5.74) is 3.30. The molecule has 0 aliphatic carbocycles. The molecule has 114 valence electrons. The van der Waals surface area contributed by atoms with Crippen LogP contribution in [0.25, 0.3) is 0 Å². The van der Waals surface area contributed by atoms with Crippen LogP contribution in [-0.4, -0.2) is 35.7 Å². The van der Waals surface area contributed by atoms with Gasteiger partial charge in [-0.15, -0.1) is 0 Å². The van der Waals surface area contributed by atoms with Crippen molar-refractivity contribution in [3.63, 3.8) is 0 Å². The van der Waals surface area contributed by atoms with Gasteiger partial charge in [0.2, 0.25) is 5.91 Å². The summed E-state index contributed by atoms with van der Waals surface area (Å²) in [5.74, 6) is 0.189. The fourth-order valence-corrected chi connectivity index (χ4v) is 2.43. The first-order valence-corrected chi connectivity index (χ1v) is 7.59. The molecule has 0 saturated heterocycles. The van der Waals surface area contributed by atoms with Crippen molar-refractivity contribution in [2.24, 2.45) is 11.1 Å². The van der Waals surface area contributed by atoms with Gasteiger partial charge in [0.25, 0.3) is 0 Å². The van der Waals surface area contributed by atoms with E-state index in [4.69, 9.17) is 4.84 Å². The highest BCUT2D eigenvalue weighted by atomic mass is 16.6. The van der Waals surface area contributed by atoms with Crippen molar-refractivity contribution in [2.75, 3.05) is 13.1 Å². The van der Waals surface area contributed by atoms with E-state index in [9.17, 15) is 4.79 Å². The summed E-state index contributed by atoms with van der Waals surface area (Å²) in [6.45, 7) is 9.22. The molecule has 21 heavy (non-hydrogen) atoms. The van der Waals surface area contributed by atoms with Crippen molar-refractivity contribution in [1.29, 1.82) is 0 Å². The molecule has 0 spiro atoms. The van der Waals surface area contributed by atoms with E-state index in [2.05, 4.69) is 36.3 Å². The highest BCUT2D eigenvalue weighted by molar-refractivity contribution is 6.01. The van der Waals surface area contributed by atoms with E-state index in [1.807, 2.05) is 25.7 Å². The molecule has 1 aliphatic rings. The first-order chi connectivity index (χ1) is 10.0. The van der Waals surface area contributed by atoms with Crippen LogP contribution >= 0.6 is 0 Å². The van der Waals surface area contributed by atoms with Crippen LogP contribution in [0, 0.1) is 12.8 Å². The van der Waals surface area contributed by atoms with Crippen LogP contribution in [0.3, 0.4) is 0 Å². The van der Waals surface area contributed by atoms with Gasteiger partial charge in [-0.05, 0) is 19.4 Å². The van der Waals surface area contributed by atoms with Crippen molar-refractivity contribution in [3.8, 4) is 0 Å². The lowest BCUT2D eigenvalue weighted by molar-refractivity contribution is -0.136. The van der Waals surface area contributed by atoms with Crippen molar-refractivity contribution in [2.45, 2.75) is 40.2 Å². The first kappa shape index (κ1) is 15.5. The molecule has 1 heterocycles. The lowest BCUT2D eigenvalue weighted by atomic mass is 10.0. The lowest BCUT2D eigenvalue weighted by Crippen LogP contribution is -2.39. The van der Waals surface area contributed by atoms with Gasteiger partial charge in [-0.3, -0.25) is 4.79 Å². The molecule has 1 atom stereocenters. The number of benzene rings is 1. The van der Waals surface area contributed by atoms with Crippen LogP contribution in [-0.2, 0) is 9.63 Å². The van der Waals surface area contributed by atoms with E-state index in [0.717, 1.165) is 17.7 Å². The molecular formula is C17H24N2O2. The zero-order valence-electron chi connectivity index (χ0n) is 13.3. The highest BCUT2D eigenvalue weighted by Gasteiger charge is 2.26. The van der Waals surface area contributed by atoms with Crippen molar-refractivity contribution >= 4 is 11.6 Å². The molecule has 1 aromatic rings. The highest BCUT2D eigenvalue weighted by Crippen LogP contribution is 2.18. The quantitative estimate of drug-likeness (QED) is 0.836. The largest absolute Gasteiger partial charge is 0.390 e. The van der Waals surface area contributed by atoms with Crippen LogP contribution in [0.2, 0.25) is 0 Å². The number of oxime groups is 1. The van der Waals surface area contributed by atoms with Gasteiger partial charge in [-0.1, -0.05) is 48.8 Å². The Morgan fingerprint density at radius 1 is 1.38 bits per heavy atom. The molecule has 4 heteroatoms. The Balaban J connectivity index is 1.95. The topological polar surface area (TPSA) is 41.9 Å². The van der Waals surface area contributed by atoms with E-state index < -0.39 is 0 Å². The van der Waals surface area contributed by atoms with Crippen LogP contribution < -0.4 is 0 Å². The summed E-state index contributed by atoms with van der Waals surface area (Å²) in [5, 5.41) is 4.19. The van der Waals surface area contributed by atoms with Gasteiger partial charge in [0.15, 0.2) is 6.10 Å². The molecule has 0 aromatic heterocycles. The zero-order chi connectivity index (χ0) is 15.4. The van der Waals surface area contributed by atoms with Crippen LogP contribution in [0.5, 0.6) is 0 Å². The molecule has 0 N–H and O–H groups in total. The molecule has 0 radical (unpaired) electrons. The molecule has 0 bridgehead atoms. The number of hydrogen-bond acceptors (Lipinski definition) is 3. The number of amides is 1. The summed E-state index contributed by atoms with van der Waals surface area (Å²) in [7, 11) is 0. The molecule has 1 aromatic carbocycles. The molecule has 1 amide bonds. The number of aryl methyl sites for hydroxylation is 1. The van der Waals surface area contributed by atoms with E-state index in [0.29, 0.717) is 13.1 Å². The number of carbonyl (C=O) groups excluding carboxylic acids is 1. The third kappa shape index (κ3) is 3.84. The fraction of sp³-hybridized carbons (Fsp3) is 0.529. The average molecular weight is 288 g/mol. The van der Waals surface area contributed by atoms with Gasteiger partial charge in [0.05, 0.1) is 12.3 Å². The second kappa shape index (κ2) is 6.74. The maximum atomic E-state index is 12.1. The maximum absolute atomic E-state index is 12.1. The van der Waals surface area contributed by atoms with Crippen LogP contribution in [0.4, 0.5) is 0 Å². The third-order valence-electron chi connectivity index (χ3n) is 3.73. The molecular weight excluding hydrogens is 264 g/mol. The van der Waals surface area contributed by atoms with Gasteiger partial charge < -0.3 is 9.74 Å². The second-order valence-electron chi connectivity index (χ2n) is 5.87. The molecule has 2 rings (SSSR count). The van der Waals surface area contributed by atoms with E-state index in [1.165, 1.54) is 5.56 Å². The van der Waals surface area contributed by atoms with Gasteiger partial charge >= 0.3 is 0 Å². The predicted molar refractivity (Wildman–Crippen MR) is 84.3 cm³/mol. The normalized spacial score (nSPS) is 17.6. The fourth-order valence-electron chi connectivity index (χ4n) is 2.43. The summed E-state index contributed by atoms with van der Waals surface area (Å²) in [6, 6.07) is 8.28.